The summed E-state index contributed by atoms with van der Waals surface area (Å²) in [6.45, 7) is 4.85. The number of hydrogen-bond acceptors (Lipinski definition) is 7. The van der Waals surface area contributed by atoms with Crippen LogP contribution in [0.5, 0.6) is 0 Å². The summed E-state index contributed by atoms with van der Waals surface area (Å²) in [6.07, 6.45) is 37.8. The minimum atomic E-state index is -4.82. The van der Waals surface area contributed by atoms with Crippen LogP contribution in [0.4, 0.5) is 0 Å². The van der Waals surface area contributed by atoms with Gasteiger partial charge in [0.2, 0.25) is 0 Å². The van der Waals surface area contributed by atoms with Gasteiger partial charge in [-0.15, -0.1) is 0 Å². The van der Waals surface area contributed by atoms with Crippen molar-refractivity contribution >= 4 is 19.8 Å². The average molecular weight is 776 g/mol. The third kappa shape index (κ3) is 40.5. The SMILES string of the molecule is CCCCCCCCCCCCCCCCCC(=O)OCC(C[N+](C)(C)CCOP(=O)([O-])O)OC(=O)CCCCCCCCCCCCCCCCC. The molecular weight excluding hydrogens is 689 g/mol. The van der Waals surface area contributed by atoms with E-state index < -0.39 is 13.9 Å². The van der Waals surface area contributed by atoms with Crippen molar-refractivity contribution in [2.75, 3.05) is 40.4 Å². The Kier molecular flexibility index (Phi) is 36.0. The molecule has 0 fully saturated rings. The van der Waals surface area contributed by atoms with E-state index in [2.05, 4.69) is 18.4 Å². The molecule has 0 aromatic heterocycles. The van der Waals surface area contributed by atoms with Gasteiger partial charge in [-0.2, -0.15) is 0 Å². The first-order valence-corrected chi connectivity index (χ1v) is 23.8. The molecule has 0 aliphatic heterocycles. The molecule has 0 heterocycles. The number of phosphoric ester groups is 1. The van der Waals surface area contributed by atoms with Crippen molar-refractivity contribution in [3.63, 3.8) is 0 Å². The van der Waals surface area contributed by atoms with Crippen molar-refractivity contribution in [1.29, 1.82) is 0 Å². The lowest BCUT2D eigenvalue weighted by Crippen LogP contribution is -2.49. The Hall–Kier alpha value is -0.990. The van der Waals surface area contributed by atoms with E-state index in [1.54, 1.807) is 0 Å². The standard InChI is InChI=1S/C43H86NO8P/c1-5-7-9-11-13-15-17-19-21-23-25-27-29-31-33-35-42(45)50-40-41(39-44(3,4)37-38-51-53(47,48)49)52-43(46)36-34-32-30-28-26-24-22-20-18-16-14-12-10-8-6-2/h41H,5-40H2,1-4H3,(H-,47,48,49). The highest BCUT2D eigenvalue weighted by Gasteiger charge is 2.27. The predicted molar refractivity (Wildman–Crippen MR) is 218 cm³/mol. The molecule has 0 spiro atoms. The first kappa shape index (κ1) is 52.0. The van der Waals surface area contributed by atoms with E-state index in [9.17, 15) is 19.0 Å². The van der Waals surface area contributed by atoms with Crippen LogP contribution < -0.4 is 4.89 Å². The first-order valence-electron chi connectivity index (χ1n) is 22.3. The number of carbonyl (C=O) groups is 2. The Morgan fingerprint density at radius 3 is 1.23 bits per heavy atom. The van der Waals surface area contributed by atoms with Crippen LogP contribution >= 0.6 is 7.82 Å². The third-order valence-corrected chi connectivity index (χ3v) is 10.9. The monoisotopic (exact) mass is 776 g/mol. The summed E-state index contributed by atoms with van der Waals surface area (Å²) >= 11 is 0. The second-order valence-corrected chi connectivity index (χ2v) is 17.5. The number of carbonyl (C=O) groups excluding carboxylic acids is 2. The van der Waals surface area contributed by atoms with Crippen molar-refractivity contribution in [3.05, 3.63) is 0 Å². The third-order valence-electron chi connectivity index (χ3n) is 10.3. The maximum atomic E-state index is 12.8. The van der Waals surface area contributed by atoms with Gasteiger partial charge >= 0.3 is 11.9 Å². The van der Waals surface area contributed by atoms with Gasteiger partial charge in [-0.05, 0) is 12.8 Å². The molecule has 0 aliphatic rings. The smallest absolute Gasteiger partial charge is 0.306 e. The van der Waals surface area contributed by atoms with Crippen LogP contribution in [-0.4, -0.2) is 67.8 Å². The highest BCUT2D eigenvalue weighted by molar-refractivity contribution is 7.44. The van der Waals surface area contributed by atoms with Crippen molar-refractivity contribution in [3.8, 4) is 0 Å². The molecule has 2 atom stereocenters. The van der Waals surface area contributed by atoms with E-state index in [-0.39, 0.29) is 36.2 Å². The van der Waals surface area contributed by atoms with Crippen LogP contribution in [0.25, 0.3) is 0 Å². The Bertz CT molecular complexity index is 880. The summed E-state index contributed by atoms with van der Waals surface area (Å²) in [5.41, 5.74) is 0. The molecule has 1 N–H and O–H groups in total. The molecule has 0 rings (SSSR count). The second kappa shape index (κ2) is 36.6. The lowest BCUT2D eigenvalue weighted by molar-refractivity contribution is -0.893. The summed E-state index contributed by atoms with van der Waals surface area (Å²) < 4.78 is 27.2. The van der Waals surface area contributed by atoms with Crippen molar-refractivity contribution < 1.29 is 42.4 Å². The van der Waals surface area contributed by atoms with E-state index in [0.717, 1.165) is 38.5 Å². The van der Waals surface area contributed by atoms with Gasteiger partial charge in [0.25, 0.3) is 7.82 Å². The van der Waals surface area contributed by atoms with Crippen LogP contribution in [0.3, 0.4) is 0 Å². The van der Waals surface area contributed by atoms with E-state index in [1.165, 1.54) is 154 Å². The molecular formula is C43H86NO8P. The average Bonchev–Trinajstić information content (AvgIpc) is 3.09. The highest BCUT2D eigenvalue weighted by atomic mass is 31.2. The fraction of sp³-hybridized carbons (Fsp3) is 0.953. The lowest BCUT2D eigenvalue weighted by atomic mass is 10.0. The number of esters is 2. The van der Waals surface area contributed by atoms with Crippen LogP contribution in [0.2, 0.25) is 0 Å². The van der Waals surface area contributed by atoms with Gasteiger partial charge in [0, 0.05) is 12.8 Å². The molecule has 316 valence electrons. The van der Waals surface area contributed by atoms with Gasteiger partial charge < -0.3 is 28.3 Å². The molecule has 0 aromatic rings. The fourth-order valence-electron chi connectivity index (χ4n) is 6.95. The molecule has 0 aliphatic carbocycles. The quantitative estimate of drug-likeness (QED) is 0.0282. The Balaban J connectivity index is 4.28. The number of likely N-dealkylation sites (N-methyl/N-ethyl adjacent to an activating group) is 1. The van der Waals surface area contributed by atoms with E-state index in [0.29, 0.717) is 19.4 Å². The summed E-state index contributed by atoms with van der Waals surface area (Å²) in [5, 5.41) is 0. The molecule has 0 amide bonds. The number of phosphoric acid groups is 1. The summed E-state index contributed by atoms with van der Waals surface area (Å²) in [6, 6.07) is 0. The molecule has 9 nitrogen and oxygen atoms in total. The lowest BCUT2D eigenvalue weighted by Gasteiger charge is -2.33. The van der Waals surface area contributed by atoms with Gasteiger partial charge in [-0.1, -0.05) is 194 Å². The highest BCUT2D eigenvalue weighted by Crippen LogP contribution is 2.30. The van der Waals surface area contributed by atoms with E-state index >= 15 is 0 Å². The topological polar surface area (TPSA) is 122 Å². The minimum Gasteiger partial charge on any atom is -0.756 e. The minimum absolute atomic E-state index is 0.0369. The van der Waals surface area contributed by atoms with Crippen LogP contribution in [0.15, 0.2) is 0 Å². The Morgan fingerprint density at radius 1 is 0.566 bits per heavy atom. The van der Waals surface area contributed by atoms with Crippen LogP contribution in [-0.2, 0) is 28.2 Å². The second-order valence-electron chi connectivity index (χ2n) is 16.3. The zero-order valence-electron chi connectivity index (χ0n) is 35.2. The van der Waals surface area contributed by atoms with Gasteiger partial charge in [0.05, 0.1) is 14.1 Å². The van der Waals surface area contributed by atoms with Crippen molar-refractivity contribution in [1.82, 2.24) is 0 Å². The number of hydrogen-bond donors (Lipinski definition) is 1. The summed E-state index contributed by atoms with van der Waals surface area (Å²) in [5.74, 6) is -0.594. The van der Waals surface area contributed by atoms with Gasteiger partial charge in [0.15, 0.2) is 6.10 Å². The normalized spacial score (nSPS) is 13.5. The zero-order chi connectivity index (χ0) is 39.3. The number of rotatable bonds is 41. The van der Waals surface area contributed by atoms with Gasteiger partial charge in [0.1, 0.15) is 26.3 Å². The maximum Gasteiger partial charge on any atom is 0.306 e. The maximum absolute atomic E-state index is 12.8. The first-order chi connectivity index (χ1) is 25.5. The number of ether oxygens (including phenoxy) is 2. The van der Waals surface area contributed by atoms with Crippen LogP contribution in [0, 0.1) is 0 Å². The Morgan fingerprint density at radius 2 is 0.887 bits per heavy atom. The number of nitrogens with zero attached hydrogens (tertiary/aromatic N) is 1. The molecule has 0 saturated carbocycles. The molecule has 0 saturated heterocycles. The van der Waals surface area contributed by atoms with Gasteiger partial charge in [-0.25, -0.2) is 0 Å². The van der Waals surface area contributed by atoms with E-state index in [4.69, 9.17) is 14.4 Å². The molecule has 0 aromatic carbocycles. The van der Waals surface area contributed by atoms with Crippen molar-refractivity contribution in [2.24, 2.45) is 0 Å². The summed E-state index contributed by atoms with van der Waals surface area (Å²) in [7, 11) is -1.12. The van der Waals surface area contributed by atoms with Crippen molar-refractivity contribution in [2.45, 2.75) is 225 Å². The molecule has 0 bridgehead atoms. The molecule has 2 unspecified atom stereocenters. The van der Waals surface area contributed by atoms with Crippen LogP contribution in [0.1, 0.15) is 219 Å². The summed E-state index contributed by atoms with van der Waals surface area (Å²) in [4.78, 5) is 45.3. The van der Waals surface area contributed by atoms with E-state index in [1.807, 2.05) is 14.1 Å². The number of quaternary nitrogens is 1. The largest absolute Gasteiger partial charge is 0.756 e. The fourth-order valence-corrected chi connectivity index (χ4v) is 7.27. The Labute approximate surface area is 327 Å². The molecule has 10 heteroatoms. The molecule has 53 heavy (non-hydrogen) atoms. The molecule has 0 radical (unpaired) electrons. The number of unbranched alkanes of at least 4 members (excludes halogenated alkanes) is 28. The zero-order valence-corrected chi connectivity index (χ0v) is 36.1. The van der Waals surface area contributed by atoms with Gasteiger partial charge in [-0.3, -0.25) is 14.2 Å². The predicted octanol–water partition coefficient (Wildman–Crippen LogP) is 11.5.